The highest BCUT2D eigenvalue weighted by Crippen LogP contribution is 2.15. The van der Waals surface area contributed by atoms with Gasteiger partial charge in [0.1, 0.15) is 5.69 Å². The van der Waals surface area contributed by atoms with Crippen LogP contribution < -0.4 is 9.46 Å². The molecule has 0 bridgehead atoms. The van der Waals surface area contributed by atoms with E-state index in [0.717, 1.165) is 12.0 Å². The number of rotatable bonds is 0. The molecule has 0 saturated heterocycles. The van der Waals surface area contributed by atoms with Crippen molar-refractivity contribution in [2.24, 2.45) is 7.05 Å². The molecule has 2 aliphatic rings. The lowest BCUT2D eigenvalue weighted by molar-refractivity contribution is -0.627. The maximum absolute atomic E-state index is 11.6. The summed E-state index contributed by atoms with van der Waals surface area (Å²) < 4.78 is 2.95. The van der Waals surface area contributed by atoms with E-state index in [-0.39, 0.29) is 5.82 Å². The van der Waals surface area contributed by atoms with Gasteiger partial charge in [-0.1, -0.05) is 4.98 Å². The number of nitrogens with zero attached hydrogens (tertiary/aromatic N) is 4. The van der Waals surface area contributed by atoms with Gasteiger partial charge in [-0.05, 0) is 6.92 Å². The Hall–Kier alpha value is -1.85. The number of hydrogen-bond acceptors (Lipinski definition) is 3. The summed E-state index contributed by atoms with van der Waals surface area (Å²) in [6.07, 6.45) is 1.10. The first-order valence-electron chi connectivity index (χ1n) is 4.17. The van der Waals surface area contributed by atoms with Gasteiger partial charge in [-0.3, -0.25) is 4.57 Å². The monoisotopic (exact) mass is 194 g/mol. The highest BCUT2D eigenvalue weighted by Gasteiger charge is 2.26. The Kier molecular flexibility index (Phi) is 1.60. The van der Waals surface area contributed by atoms with Crippen LogP contribution in [0.5, 0.6) is 0 Å². The molecule has 74 valence electrons. The van der Waals surface area contributed by atoms with Gasteiger partial charge in [0.15, 0.2) is 0 Å². The predicted molar refractivity (Wildman–Crippen MR) is 47.2 cm³/mol. The lowest BCUT2D eigenvalue weighted by atomic mass is 10.3. The van der Waals surface area contributed by atoms with Crippen molar-refractivity contribution in [2.45, 2.75) is 13.8 Å². The summed E-state index contributed by atoms with van der Waals surface area (Å²) in [6, 6.07) is 0. The van der Waals surface area contributed by atoms with Crippen LogP contribution in [0, 0.1) is 24.3 Å². The van der Waals surface area contributed by atoms with Crippen LogP contribution >= 0.6 is 0 Å². The fraction of sp³-hybridized carbons (Fsp3) is 0.375. The highest BCUT2D eigenvalue weighted by molar-refractivity contribution is 5.46. The van der Waals surface area contributed by atoms with Crippen molar-refractivity contribution in [3.05, 3.63) is 28.3 Å². The summed E-state index contributed by atoms with van der Waals surface area (Å²) >= 11 is 0. The first-order valence-corrected chi connectivity index (χ1v) is 4.17. The molecule has 0 amide bonds. The Morgan fingerprint density at radius 2 is 2.00 bits per heavy atom. The van der Waals surface area contributed by atoms with Crippen LogP contribution in [-0.2, 0) is 7.05 Å². The zero-order chi connectivity index (χ0) is 10.5. The molecule has 2 rings (SSSR count). The summed E-state index contributed by atoms with van der Waals surface area (Å²) in [5.41, 5.74) is 1.06. The van der Waals surface area contributed by atoms with Crippen molar-refractivity contribution in [2.75, 3.05) is 0 Å². The zero-order valence-corrected chi connectivity index (χ0v) is 8.18. The van der Waals surface area contributed by atoms with Gasteiger partial charge in [0, 0.05) is 6.92 Å². The Morgan fingerprint density at radius 1 is 1.36 bits per heavy atom. The van der Waals surface area contributed by atoms with Gasteiger partial charge in [0.25, 0.3) is 6.33 Å². The Bertz CT molecular complexity index is 477. The second-order valence-corrected chi connectivity index (χ2v) is 3.23. The topological polar surface area (TPSA) is 71.7 Å². The molecule has 6 heteroatoms. The molecular weight excluding hydrogens is 184 g/mol. The van der Waals surface area contributed by atoms with Crippen molar-refractivity contribution in [1.29, 1.82) is 0 Å². The molecule has 0 fully saturated rings. The molecular formula is C8H10N4O2. The third kappa shape index (κ3) is 0.876. The summed E-state index contributed by atoms with van der Waals surface area (Å²) in [6.45, 7) is 3.47. The molecule has 0 spiro atoms. The molecule has 0 saturated carbocycles. The van der Waals surface area contributed by atoms with Crippen molar-refractivity contribution in [1.82, 2.24) is 9.55 Å². The first kappa shape index (κ1) is 8.74. The second-order valence-electron chi connectivity index (χ2n) is 3.23. The minimum Gasteiger partial charge on any atom is -0.740 e. The van der Waals surface area contributed by atoms with E-state index in [0.29, 0.717) is 21.0 Å². The second kappa shape index (κ2) is 2.57. The molecule has 0 aromatic carbocycles. The minimum absolute atomic E-state index is 0.174. The average Bonchev–Trinajstić information content (AvgIpc) is 2.54. The van der Waals surface area contributed by atoms with Crippen molar-refractivity contribution in [3.8, 4) is 11.5 Å². The molecule has 0 atom stereocenters. The fourth-order valence-electron chi connectivity index (χ4n) is 1.49. The molecule has 0 aromatic rings. The Morgan fingerprint density at radius 3 is 2.64 bits per heavy atom. The zero-order valence-electron chi connectivity index (χ0n) is 8.18. The van der Waals surface area contributed by atoms with E-state index in [1.807, 2.05) is 0 Å². The van der Waals surface area contributed by atoms with Crippen LogP contribution in [0.1, 0.15) is 11.5 Å². The molecule has 6 nitrogen and oxygen atoms in total. The van der Waals surface area contributed by atoms with E-state index in [4.69, 9.17) is 0 Å². The van der Waals surface area contributed by atoms with Gasteiger partial charge >= 0.3 is 5.82 Å². The van der Waals surface area contributed by atoms with Crippen LogP contribution in [0.4, 0.5) is 0 Å². The molecule has 0 N–H and O–H groups in total. The number of imidazole rings is 1. The Labute approximate surface area is 80.6 Å². The van der Waals surface area contributed by atoms with E-state index in [1.54, 1.807) is 25.5 Å². The van der Waals surface area contributed by atoms with Crippen molar-refractivity contribution < 1.29 is 9.46 Å². The molecule has 2 heterocycles. The van der Waals surface area contributed by atoms with Gasteiger partial charge in [-0.25, -0.2) is 9.46 Å². The van der Waals surface area contributed by atoms with Crippen LogP contribution in [0.25, 0.3) is 11.5 Å². The first-order chi connectivity index (χ1) is 6.54. The van der Waals surface area contributed by atoms with E-state index in [9.17, 15) is 10.4 Å². The van der Waals surface area contributed by atoms with Crippen LogP contribution in [0.15, 0.2) is 6.33 Å². The lowest BCUT2D eigenvalue weighted by Gasteiger charge is -2.16. The van der Waals surface area contributed by atoms with Gasteiger partial charge in [0.2, 0.25) is 11.5 Å². The Balaban J connectivity index is 2.96. The molecule has 14 heavy (non-hydrogen) atoms. The molecule has 0 aliphatic carbocycles. The molecule has 0 radical (unpaired) electrons. The average molecular weight is 194 g/mol. The van der Waals surface area contributed by atoms with Gasteiger partial charge < -0.3 is 10.4 Å². The van der Waals surface area contributed by atoms with Crippen molar-refractivity contribution >= 4 is 0 Å². The molecule has 2 aliphatic heterocycles. The van der Waals surface area contributed by atoms with E-state index < -0.39 is 0 Å². The number of fused-ring (bicyclic) bond motifs is 1. The standard InChI is InChI=1S/C8H10N4O2/c1-5-7-8(9-4-11(7)13)12(14)6(2)10(5)3/h4H,1-3H3. The van der Waals surface area contributed by atoms with Crippen LogP contribution in [-0.4, -0.2) is 9.55 Å². The summed E-state index contributed by atoms with van der Waals surface area (Å²) in [7, 11) is 1.74. The SMILES string of the molecule is Cc1c2[n+]([O-])cnc-2[n+]([O-])c(C)n1C. The minimum atomic E-state index is 0.174. The maximum atomic E-state index is 11.6. The van der Waals surface area contributed by atoms with E-state index >= 15 is 0 Å². The van der Waals surface area contributed by atoms with E-state index in [1.165, 1.54) is 0 Å². The van der Waals surface area contributed by atoms with Crippen LogP contribution in [0.2, 0.25) is 0 Å². The van der Waals surface area contributed by atoms with Gasteiger partial charge in [0.05, 0.1) is 7.05 Å². The quantitative estimate of drug-likeness (QED) is 0.415. The fourth-order valence-corrected chi connectivity index (χ4v) is 1.49. The number of aromatic nitrogens is 4. The van der Waals surface area contributed by atoms with Crippen LogP contribution in [0.3, 0.4) is 0 Å². The summed E-state index contributed by atoms with van der Waals surface area (Å²) in [5, 5.41) is 22.9. The molecule has 0 aromatic heterocycles. The predicted octanol–water partition coefficient (Wildman–Crippen LogP) is -0.591. The highest BCUT2D eigenvalue weighted by atomic mass is 16.5. The van der Waals surface area contributed by atoms with E-state index in [2.05, 4.69) is 4.98 Å². The number of hydrogen-bond donors (Lipinski definition) is 0. The third-order valence-corrected chi connectivity index (χ3v) is 2.53. The summed E-state index contributed by atoms with van der Waals surface area (Å²) in [4.78, 5) is 3.77. The maximum Gasteiger partial charge on any atom is 0.318 e. The smallest absolute Gasteiger partial charge is 0.318 e. The third-order valence-electron chi connectivity index (χ3n) is 2.53. The van der Waals surface area contributed by atoms with Gasteiger partial charge in [-0.15, -0.1) is 0 Å². The largest absolute Gasteiger partial charge is 0.740 e. The lowest BCUT2D eigenvalue weighted by Crippen LogP contribution is -2.41. The summed E-state index contributed by atoms with van der Waals surface area (Å²) in [5.74, 6) is 0.682. The molecule has 0 unspecified atom stereocenters. The van der Waals surface area contributed by atoms with Gasteiger partial charge in [-0.2, -0.15) is 0 Å². The van der Waals surface area contributed by atoms with Crippen molar-refractivity contribution in [3.63, 3.8) is 0 Å². The normalized spacial score (nSPS) is 11.1.